The zero-order valence-electron chi connectivity index (χ0n) is 35.1. The topological polar surface area (TPSA) is 26.3 Å². The minimum Gasteiger partial charge on any atom is -0.462 e. The molecular formula is C48H84O2. The molecule has 0 amide bonds. The SMILES string of the molecule is CCCCCCCCCCCCCCCCCC(=O)OC1CC[C@]2(C)C3=C(CCC2C1(C)C)[C@]1(C)CC[C@H]([C@H](C)CCC=C(C)C)[C@@]1(C)CC3. The Morgan fingerprint density at radius 2 is 1.32 bits per heavy atom. The summed E-state index contributed by atoms with van der Waals surface area (Å²) in [6, 6.07) is 0. The first-order valence-corrected chi connectivity index (χ1v) is 22.4. The molecular weight excluding hydrogens is 609 g/mol. The highest BCUT2D eigenvalue weighted by molar-refractivity contribution is 5.69. The van der Waals surface area contributed by atoms with Crippen molar-refractivity contribution in [1.82, 2.24) is 0 Å². The maximum atomic E-state index is 13.2. The third kappa shape index (κ3) is 9.54. The van der Waals surface area contributed by atoms with Gasteiger partial charge in [0.2, 0.25) is 0 Å². The molecule has 0 saturated heterocycles. The van der Waals surface area contributed by atoms with Gasteiger partial charge in [-0.15, -0.1) is 0 Å². The zero-order valence-corrected chi connectivity index (χ0v) is 35.1. The third-order valence-corrected chi connectivity index (χ3v) is 15.9. The van der Waals surface area contributed by atoms with Crippen LogP contribution in [0.25, 0.3) is 0 Å². The van der Waals surface area contributed by atoms with Crippen molar-refractivity contribution in [3.8, 4) is 0 Å². The Balaban J connectivity index is 1.21. The molecule has 0 spiro atoms. The van der Waals surface area contributed by atoms with E-state index in [1.165, 1.54) is 153 Å². The van der Waals surface area contributed by atoms with Crippen LogP contribution in [0, 0.1) is 39.4 Å². The predicted molar refractivity (Wildman–Crippen MR) is 216 cm³/mol. The number of rotatable bonds is 21. The van der Waals surface area contributed by atoms with Crippen molar-refractivity contribution >= 4 is 5.97 Å². The second-order valence-corrected chi connectivity index (χ2v) is 19.7. The summed E-state index contributed by atoms with van der Waals surface area (Å²) >= 11 is 0. The van der Waals surface area contributed by atoms with E-state index in [1.54, 1.807) is 0 Å². The fraction of sp³-hybridized carbons (Fsp3) is 0.896. The van der Waals surface area contributed by atoms with Crippen molar-refractivity contribution in [3.05, 3.63) is 22.8 Å². The Kier molecular flexibility index (Phi) is 15.7. The average molecular weight is 693 g/mol. The Morgan fingerprint density at radius 3 is 1.90 bits per heavy atom. The van der Waals surface area contributed by atoms with Crippen molar-refractivity contribution in [2.24, 2.45) is 39.4 Å². The van der Waals surface area contributed by atoms with Gasteiger partial charge in [0.1, 0.15) is 6.10 Å². The van der Waals surface area contributed by atoms with Crippen LogP contribution in [0.3, 0.4) is 0 Å². The molecule has 2 saturated carbocycles. The Labute approximate surface area is 312 Å². The van der Waals surface area contributed by atoms with E-state index in [0.29, 0.717) is 23.2 Å². The number of carbonyl (C=O) groups excluding carboxylic acids is 1. The molecule has 2 nitrogen and oxygen atoms in total. The van der Waals surface area contributed by atoms with E-state index >= 15 is 0 Å². The van der Waals surface area contributed by atoms with Crippen molar-refractivity contribution in [2.75, 3.05) is 0 Å². The monoisotopic (exact) mass is 693 g/mol. The van der Waals surface area contributed by atoms with Gasteiger partial charge < -0.3 is 4.74 Å². The highest BCUT2D eigenvalue weighted by atomic mass is 16.5. The lowest BCUT2D eigenvalue weighted by Crippen LogP contribution is -2.55. The number of carbonyl (C=O) groups is 1. The largest absolute Gasteiger partial charge is 0.462 e. The van der Waals surface area contributed by atoms with Crippen LogP contribution in [0.5, 0.6) is 0 Å². The summed E-state index contributed by atoms with van der Waals surface area (Å²) < 4.78 is 6.39. The molecule has 0 aliphatic heterocycles. The maximum absolute atomic E-state index is 13.2. The van der Waals surface area contributed by atoms with E-state index in [4.69, 9.17) is 4.74 Å². The van der Waals surface area contributed by atoms with Gasteiger partial charge in [0.15, 0.2) is 0 Å². The summed E-state index contributed by atoms with van der Waals surface area (Å²) in [7, 11) is 0. The molecule has 0 bridgehead atoms. The number of hydrogen-bond donors (Lipinski definition) is 0. The van der Waals surface area contributed by atoms with Crippen molar-refractivity contribution in [2.45, 2.75) is 235 Å². The van der Waals surface area contributed by atoms with E-state index in [-0.39, 0.29) is 22.9 Å². The Bertz CT molecular complexity index is 1120. The quantitative estimate of drug-likeness (QED) is 0.0680. The fourth-order valence-electron chi connectivity index (χ4n) is 12.5. The summed E-state index contributed by atoms with van der Waals surface area (Å²) in [6.07, 6.45) is 36.2. The predicted octanol–water partition coefficient (Wildman–Crippen LogP) is 15.3. The fourth-order valence-corrected chi connectivity index (χ4v) is 12.5. The van der Waals surface area contributed by atoms with Crippen LogP contribution in [0.4, 0.5) is 0 Å². The molecule has 4 aliphatic rings. The maximum Gasteiger partial charge on any atom is 0.306 e. The average Bonchev–Trinajstić information content (AvgIpc) is 3.35. The Hall–Kier alpha value is -1.05. The van der Waals surface area contributed by atoms with Crippen LogP contribution in [-0.4, -0.2) is 12.1 Å². The smallest absolute Gasteiger partial charge is 0.306 e. The summed E-state index contributed by atoms with van der Waals surface area (Å²) in [4.78, 5) is 13.2. The van der Waals surface area contributed by atoms with Crippen molar-refractivity contribution in [1.29, 1.82) is 0 Å². The van der Waals surface area contributed by atoms with Gasteiger partial charge in [0.25, 0.3) is 0 Å². The van der Waals surface area contributed by atoms with Gasteiger partial charge >= 0.3 is 5.97 Å². The second kappa shape index (κ2) is 18.8. The highest BCUT2D eigenvalue weighted by Gasteiger charge is 2.63. The number of esters is 1. The molecule has 2 unspecified atom stereocenters. The highest BCUT2D eigenvalue weighted by Crippen LogP contribution is 2.72. The van der Waals surface area contributed by atoms with Crippen LogP contribution < -0.4 is 0 Å². The zero-order chi connectivity index (χ0) is 36.4. The van der Waals surface area contributed by atoms with Crippen LogP contribution in [0.2, 0.25) is 0 Å². The first-order chi connectivity index (χ1) is 23.8. The van der Waals surface area contributed by atoms with Crippen LogP contribution in [0.15, 0.2) is 22.8 Å². The van der Waals surface area contributed by atoms with Gasteiger partial charge in [-0.1, -0.05) is 161 Å². The summed E-state index contributed by atoms with van der Waals surface area (Å²) in [5.74, 6) is 2.30. The standard InChI is InChI=1S/C48H84O2/c1-10-11-12-13-14-15-16-17-18-19-20-21-22-23-24-28-44(49)50-43-33-34-46(7)40-32-36-47(8)39(38(4)27-25-26-37(2)3)31-35-48(47,9)41(40)29-30-42(46)45(43,5)6/h26,38-39,42-43H,10-25,27-36H2,1-9H3/t38-,39-,42?,43?,46-,47-,48+/m1/s1. The molecule has 0 heterocycles. The molecule has 0 aromatic rings. The van der Waals surface area contributed by atoms with E-state index in [0.717, 1.165) is 24.7 Å². The van der Waals surface area contributed by atoms with Gasteiger partial charge in [-0.2, -0.15) is 0 Å². The van der Waals surface area contributed by atoms with Crippen molar-refractivity contribution in [3.63, 3.8) is 0 Å². The molecule has 4 rings (SSSR count). The molecule has 2 fully saturated rings. The first-order valence-electron chi connectivity index (χ1n) is 22.4. The molecule has 7 atom stereocenters. The van der Waals surface area contributed by atoms with E-state index in [2.05, 4.69) is 68.4 Å². The molecule has 4 aliphatic carbocycles. The minimum atomic E-state index is 0.0234. The first kappa shape index (κ1) is 41.7. The van der Waals surface area contributed by atoms with Gasteiger partial charge in [0.05, 0.1) is 0 Å². The number of ether oxygens (including phenoxy) is 1. The molecule has 50 heavy (non-hydrogen) atoms. The second-order valence-electron chi connectivity index (χ2n) is 19.7. The van der Waals surface area contributed by atoms with Crippen LogP contribution in [0.1, 0.15) is 229 Å². The normalized spacial score (nSPS) is 32.2. The lowest BCUT2D eigenvalue weighted by molar-refractivity contribution is -0.170. The van der Waals surface area contributed by atoms with E-state index < -0.39 is 0 Å². The molecule has 0 radical (unpaired) electrons. The van der Waals surface area contributed by atoms with Gasteiger partial charge in [-0.05, 0) is 118 Å². The summed E-state index contributed by atoms with van der Waals surface area (Å²) in [5, 5.41) is 0. The molecule has 288 valence electrons. The van der Waals surface area contributed by atoms with E-state index in [1.807, 2.05) is 11.1 Å². The Morgan fingerprint density at radius 1 is 0.740 bits per heavy atom. The third-order valence-electron chi connectivity index (χ3n) is 15.9. The number of fused-ring (bicyclic) bond motifs is 4. The van der Waals surface area contributed by atoms with Gasteiger partial charge in [-0.3, -0.25) is 4.79 Å². The summed E-state index contributed by atoms with van der Waals surface area (Å²) in [5.41, 5.74) is 6.25. The molecule has 0 aromatic carbocycles. The lowest BCUT2D eigenvalue weighted by atomic mass is 9.43. The lowest BCUT2D eigenvalue weighted by Gasteiger charge is -2.62. The van der Waals surface area contributed by atoms with Gasteiger partial charge in [-0.25, -0.2) is 0 Å². The summed E-state index contributed by atoms with van der Waals surface area (Å²) in [6.45, 7) is 22.2. The number of hydrogen-bond acceptors (Lipinski definition) is 2. The van der Waals surface area contributed by atoms with Crippen LogP contribution in [-0.2, 0) is 9.53 Å². The van der Waals surface area contributed by atoms with E-state index in [9.17, 15) is 4.79 Å². The number of allylic oxidation sites excluding steroid dienone is 4. The molecule has 2 heteroatoms. The molecule has 0 aromatic heterocycles. The van der Waals surface area contributed by atoms with Crippen molar-refractivity contribution < 1.29 is 9.53 Å². The number of unbranched alkanes of at least 4 members (excludes halogenated alkanes) is 14. The van der Waals surface area contributed by atoms with Gasteiger partial charge in [0, 0.05) is 11.8 Å². The molecule has 0 N–H and O–H groups in total. The minimum absolute atomic E-state index is 0.0234. The van der Waals surface area contributed by atoms with Crippen LogP contribution >= 0.6 is 0 Å².